The van der Waals surface area contributed by atoms with Crippen molar-refractivity contribution < 1.29 is 19.1 Å². The van der Waals surface area contributed by atoms with Gasteiger partial charge in [0.25, 0.3) is 5.91 Å². The van der Waals surface area contributed by atoms with Crippen molar-refractivity contribution in [3.63, 3.8) is 0 Å². The zero-order chi connectivity index (χ0) is 24.9. The lowest BCUT2D eigenvalue weighted by Gasteiger charge is -2.37. The number of hydrogen-bond donors (Lipinski definition) is 1. The summed E-state index contributed by atoms with van der Waals surface area (Å²) in [4.78, 5) is 33.1. The Kier molecular flexibility index (Phi) is 6.31. The minimum absolute atomic E-state index is 0.0830. The van der Waals surface area contributed by atoms with E-state index in [0.29, 0.717) is 18.1 Å². The second kappa shape index (κ2) is 9.28. The molecule has 9 heteroatoms. The number of amides is 1. The molecular weight excluding hydrogens is 530 g/mol. The molecule has 35 heavy (non-hydrogen) atoms. The fraction of sp³-hybridized carbons (Fsp3) is 0.346. The number of thiocarbonyl (C=S) groups is 1. The number of aromatic nitrogens is 1. The number of halogens is 1. The molecule has 3 unspecified atom stereocenters. The van der Waals surface area contributed by atoms with E-state index in [1.807, 2.05) is 48.2 Å². The molecule has 1 saturated heterocycles. The summed E-state index contributed by atoms with van der Waals surface area (Å²) >= 11 is 9.48. The van der Waals surface area contributed by atoms with Crippen molar-refractivity contribution in [2.24, 2.45) is 0 Å². The maximum atomic E-state index is 13.7. The van der Waals surface area contributed by atoms with Crippen LogP contribution < -0.4 is 4.74 Å². The third-order valence-corrected chi connectivity index (χ3v) is 7.68. The van der Waals surface area contributed by atoms with Gasteiger partial charge >= 0.3 is 5.97 Å². The molecule has 0 bridgehead atoms. The van der Waals surface area contributed by atoms with Crippen LogP contribution in [0.15, 0.2) is 46.9 Å². The molecule has 1 fully saturated rings. The number of benzene rings is 2. The highest BCUT2D eigenvalue weighted by Crippen LogP contribution is 2.45. The topological polar surface area (TPSA) is 74.9 Å². The molecule has 2 aliphatic heterocycles. The van der Waals surface area contributed by atoms with Gasteiger partial charge in [-0.05, 0) is 67.5 Å². The van der Waals surface area contributed by atoms with Gasteiger partial charge in [0.1, 0.15) is 11.8 Å². The summed E-state index contributed by atoms with van der Waals surface area (Å²) in [6, 6.07) is 12.8. The first-order chi connectivity index (χ1) is 16.8. The Hall–Kier alpha value is -2.91. The SMILES string of the molecule is CCOC(=O)CC(C)N1C(=O)C2Cc3c([nH]c4ccc(Br)cc34)C(c3ccc(OC)cc3)N2C1=S. The molecule has 1 N–H and O–H groups in total. The smallest absolute Gasteiger partial charge is 0.307 e. The quantitative estimate of drug-likeness (QED) is 0.350. The van der Waals surface area contributed by atoms with Crippen molar-refractivity contribution in [1.82, 2.24) is 14.8 Å². The first kappa shape index (κ1) is 23.8. The van der Waals surface area contributed by atoms with E-state index in [4.69, 9.17) is 21.7 Å². The summed E-state index contributed by atoms with van der Waals surface area (Å²) in [6.07, 6.45) is 0.620. The molecule has 5 rings (SSSR count). The maximum absolute atomic E-state index is 13.7. The van der Waals surface area contributed by atoms with Crippen LogP contribution >= 0.6 is 28.1 Å². The van der Waals surface area contributed by atoms with Gasteiger partial charge in [0.2, 0.25) is 0 Å². The Labute approximate surface area is 217 Å². The molecule has 2 aromatic carbocycles. The van der Waals surface area contributed by atoms with Crippen LogP contribution in [0.3, 0.4) is 0 Å². The molecule has 0 saturated carbocycles. The first-order valence-corrected chi connectivity index (χ1v) is 12.8. The minimum atomic E-state index is -0.454. The average molecular weight is 556 g/mol. The number of carbonyl (C=O) groups excluding carboxylic acids is 2. The molecule has 3 atom stereocenters. The summed E-state index contributed by atoms with van der Waals surface area (Å²) in [7, 11) is 1.64. The first-order valence-electron chi connectivity index (χ1n) is 11.6. The molecule has 0 radical (unpaired) electrons. The van der Waals surface area contributed by atoms with Crippen LogP contribution in [-0.2, 0) is 20.7 Å². The largest absolute Gasteiger partial charge is 0.497 e. The number of carbonyl (C=O) groups is 2. The number of methoxy groups -OCH3 is 1. The average Bonchev–Trinajstić information content (AvgIpc) is 3.32. The number of aromatic amines is 1. The van der Waals surface area contributed by atoms with Gasteiger partial charge in [-0.3, -0.25) is 14.5 Å². The van der Waals surface area contributed by atoms with Crippen molar-refractivity contribution in [3.8, 4) is 5.75 Å². The van der Waals surface area contributed by atoms with Crippen LogP contribution in [0.25, 0.3) is 10.9 Å². The van der Waals surface area contributed by atoms with Crippen LogP contribution in [0.2, 0.25) is 0 Å². The molecule has 3 aromatic rings. The lowest BCUT2D eigenvalue weighted by Crippen LogP contribution is -2.44. The van der Waals surface area contributed by atoms with Crippen molar-refractivity contribution in [2.45, 2.75) is 44.8 Å². The Bertz CT molecular complexity index is 1320. The summed E-state index contributed by atoms with van der Waals surface area (Å²) in [6.45, 7) is 3.91. The highest BCUT2D eigenvalue weighted by molar-refractivity contribution is 9.10. The van der Waals surface area contributed by atoms with Crippen LogP contribution in [0.5, 0.6) is 5.75 Å². The second-order valence-electron chi connectivity index (χ2n) is 8.86. The van der Waals surface area contributed by atoms with Gasteiger partial charge in [0, 0.05) is 33.5 Å². The number of hydrogen-bond acceptors (Lipinski definition) is 5. The standard InChI is InChI=1S/C26H26BrN3O4S/c1-4-34-22(31)11-14(2)29-25(32)21-13-19-18-12-16(27)7-10-20(18)28-23(19)24(30(21)26(29)35)15-5-8-17(33-3)9-6-15/h5-10,12,14,21,24,28H,4,11,13H2,1-3H3. The Morgan fingerprint density at radius 3 is 2.69 bits per heavy atom. The van der Waals surface area contributed by atoms with Gasteiger partial charge in [0.05, 0.1) is 26.2 Å². The summed E-state index contributed by atoms with van der Waals surface area (Å²) in [5.74, 6) is 0.334. The third kappa shape index (κ3) is 4.00. The van der Waals surface area contributed by atoms with Gasteiger partial charge < -0.3 is 19.4 Å². The van der Waals surface area contributed by atoms with Crippen molar-refractivity contribution >= 4 is 56.0 Å². The number of fused-ring (bicyclic) bond motifs is 4. The zero-order valence-corrected chi connectivity index (χ0v) is 22.1. The predicted octanol–water partition coefficient (Wildman–Crippen LogP) is 4.72. The lowest BCUT2D eigenvalue weighted by atomic mass is 9.89. The van der Waals surface area contributed by atoms with E-state index in [0.717, 1.165) is 37.9 Å². The number of H-pyrrole nitrogens is 1. The lowest BCUT2D eigenvalue weighted by molar-refractivity contribution is -0.144. The Balaban J connectivity index is 1.61. The second-order valence-corrected chi connectivity index (χ2v) is 10.1. The Morgan fingerprint density at radius 1 is 1.26 bits per heavy atom. The van der Waals surface area contributed by atoms with Gasteiger partial charge in [0.15, 0.2) is 5.11 Å². The molecule has 7 nitrogen and oxygen atoms in total. The summed E-state index contributed by atoms with van der Waals surface area (Å²) < 4.78 is 11.5. The number of nitrogens with zero attached hydrogens (tertiary/aromatic N) is 2. The summed E-state index contributed by atoms with van der Waals surface area (Å²) in [5.41, 5.74) is 4.15. The fourth-order valence-corrected chi connectivity index (χ4v) is 6.07. The molecule has 2 aliphatic rings. The third-order valence-electron chi connectivity index (χ3n) is 6.78. The maximum Gasteiger partial charge on any atom is 0.307 e. The number of ether oxygens (including phenoxy) is 2. The van der Waals surface area contributed by atoms with Crippen LogP contribution in [-0.4, -0.2) is 57.6 Å². The minimum Gasteiger partial charge on any atom is -0.497 e. The van der Waals surface area contributed by atoms with E-state index in [1.165, 1.54) is 0 Å². The molecule has 0 aliphatic carbocycles. The molecular formula is C26H26BrN3O4S. The monoisotopic (exact) mass is 555 g/mol. The predicted molar refractivity (Wildman–Crippen MR) is 140 cm³/mol. The van der Waals surface area contributed by atoms with Gasteiger partial charge in [-0.25, -0.2) is 0 Å². The van der Waals surface area contributed by atoms with Crippen molar-refractivity contribution in [2.75, 3.05) is 13.7 Å². The molecule has 1 amide bonds. The van der Waals surface area contributed by atoms with Crippen LogP contribution in [0, 0.1) is 0 Å². The highest BCUT2D eigenvalue weighted by atomic mass is 79.9. The Morgan fingerprint density at radius 2 is 2.00 bits per heavy atom. The van der Waals surface area contributed by atoms with Gasteiger partial charge in [-0.1, -0.05) is 28.1 Å². The normalized spacial score (nSPS) is 20.1. The molecule has 1 aromatic heterocycles. The molecule has 182 valence electrons. The number of esters is 1. The van der Waals surface area contributed by atoms with E-state index < -0.39 is 12.1 Å². The van der Waals surface area contributed by atoms with Crippen LogP contribution in [0.4, 0.5) is 0 Å². The summed E-state index contributed by atoms with van der Waals surface area (Å²) in [5, 5.41) is 1.52. The van der Waals surface area contributed by atoms with Gasteiger partial charge in [-0.2, -0.15) is 0 Å². The van der Waals surface area contributed by atoms with E-state index in [9.17, 15) is 9.59 Å². The number of rotatable bonds is 6. The number of nitrogens with one attached hydrogen (secondary N) is 1. The van der Waals surface area contributed by atoms with Crippen LogP contribution in [0.1, 0.15) is 43.1 Å². The zero-order valence-electron chi connectivity index (χ0n) is 19.7. The molecule has 3 heterocycles. The van der Waals surface area contributed by atoms with Crippen molar-refractivity contribution in [1.29, 1.82) is 0 Å². The van der Waals surface area contributed by atoms with E-state index >= 15 is 0 Å². The fourth-order valence-electron chi connectivity index (χ4n) is 5.21. The van der Waals surface area contributed by atoms with E-state index in [-0.39, 0.29) is 24.3 Å². The van der Waals surface area contributed by atoms with E-state index in [1.54, 1.807) is 18.9 Å². The van der Waals surface area contributed by atoms with E-state index in [2.05, 4.69) is 27.0 Å². The highest BCUT2D eigenvalue weighted by Gasteiger charge is 2.51. The molecule has 0 spiro atoms. The van der Waals surface area contributed by atoms with Gasteiger partial charge in [-0.15, -0.1) is 0 Å². The van der Waals surface area contributed by atoms with Crippen molar-refractivity contribution in [3.05, 3.63) is 63.8 Å².